The van der Waals surface area contributed by atoms with E-state index >= 15 is 0 Å². The lowest BCUT2D eigenvalue weighted by molar-refractivity contribution is -0.142. The first-order valence-corrected chi connectivity index (χ1v) is 3.92. The number of aliphatic carboxylic acids is 1. The van der Waals surface area contributed by atoms with Gasteiger partial charge < -0.3 is 10.4 Å². The third kappa shape index (κ3) is 4.34. The summed E-state index contributed by atoms with van der Waals surface area (Å²) < 4.78 is 36.4. The van der Waals surface area contributed by atoms with Gasteiger partial charge in [-0.2, -0.15) is 18.3 Å². The summed E-state index contributed by atoms with van der Waals surface area (Å²) >= 11 is 0. The minimum Gasteiger partial charge on any atom is -0.480 e. The fourth-order valence-corrected chi connectivity index (χ4v) is 0.903. The summed E-state index contributed by atoms with van der Waals surface area (Å²) in [5.41, 5.74) is 0.238. The van der Waals surface area contributed by atoms with Crippen molar-refractivity contribution >= 4 is 11.7 Å². The summed E-state index contributed by atoms with van der Waals surface area (Å²) in [7, 11) is 0. The molecule has 1 aromatic heterocycles. The molecule has 1 rings (SSSR count). The van der Waals surface area contributed by atoms with Crippen molar-refractivity contribution in [3.63, 3.8) is 0 Å². The highest BCUT2D eigenvalue weighted by Crippen LogP contribution is 2.17. The number of hydrogen-bond acceptors (Lipinski definition) is 3. The van der Waals surface area contributed by atoms with Crippen molar-refractivity contribution in [2.24, 2.45) is 0 Å². The molecule has 0 radical (unpaired) electrons. The Morgan fingerprint density at radius 1 is 1.60 bits per heavy atom. The van der Waals surface area contributed by atoms with E-state index in [1.165, 1.54) is 0 Å². The van der Waals surface area contributed by atoms with E-state index in [4.69, 9.17) is 5.11 Å². The summed E-state index contributed by atoms with van der Waals surface area (Å²) in [5, 5.41) is 14.1. The molecule has 0 atom stereocenters. The molecule has 0 aromatic carbocycles. The van der Waals surface area contributed by atoms with Crippen LogP contribution in [0.25, 0.3) is 0 Å². The summed E-state index contributed by atoms with van der Waals surface area (Å²) in [6.07, 6.45) is -2.11. The van der Waals surface area contributed by atoms with Gasteiger partial charge in [-0.3, -0.25) is 9.48 Å². The molecule has 8 heteroatoms. The van der Waals surface area contributed by atoms with Gasteiger partial charge >= 0.3 is 12.1 Å². The Morgan fingerprint density at radius 3 is 2.80 bits per heavy atom. The third-order valence-electron chi connectivity index (χ3n) is 1.42. The average Bonchev–Trinajstić information content (AvgIpc) is 2.45. The van der Waals surface area contributed by atoms with E-state index < -0.39 is 18.7 Å². The van der Waals surface area contributed by atoms with Crippen molar-refractivity contribution in [3.8, 4) is 0 Å². The zero-order chi connectivity index (χ0) is 11.5. The molecule has 0 unspecified atom stereocenters. The largest absolute Gasteiger partial charge is 0.480 e. The predicted molar refractivity (Wildman–Crippen MR) is 44.4 cm³/mol. The molecular weight excluding hydrogens is 215 g/mol. The van der Waals surface area contributed by atoms with Gasteiger partial charge in [-0.05, 0) is 0 Å². The van der Waals surface area contributed by atoms with E-state index in [1.807, 2.05) is 0 Å². The maximum absolute atomic E-state index is 11.9. The smallest absolute Gasteiger partial charge is 0.408 e. The second-order valence-electron chi connectivity index (χ2n) is 2.79. The van der Waals surface area contributed by atoms with Gasteiger partial charge in [0.1, 0.15) is 13.1 Å². The molecule has 5 nitrogen and oxygen atoms in total. The van der Waals surface area contributed by atoms with Crippen molar-refractivity contribution in [1.29, 1.82) is 0 Å². The lowest BCUT2D eigenvalue weighted by Crippen LogP contribution is -2.17. The number of halogens is 3. The van der Waals surface area contributed by atoms with Crippen LogP contribution in [-0.4, -0.2) is 33.6 Å². The summed E-state index contributed by atoms with van der Waals surface area (Å²) in [6, 6.07) is 0. The van der Waals surface area contributed by atoms with Crippen LogP contribution in [-0.2, 0) is 11.3 Å². The lowest BCUT2D eigenvalue weighted by Gasteiger charge is -2.05. The normalized spacial score (nSPS) is 11.4. The van der Waals surface area contributed by atoms with Gasteiger partial charge in [-0.25, -0.2) is 0 Å². The quantitative estimate of drug-likeness (QED) is 0.797. The van der Waals surface area contributed by atoms with Gasteiger partial charge in [-0.1, -0.05) is 0 Å². The molecule has 0 saturated carbocycles. The molecule has 0 saturated heterocycles. The average molecular weight is 223 g/mol. The highest BCUT2D eigenvalue weighted by atomic mass is 19.4. The molecule has 0 aliphatic rings. The van der Waals surface area contributed by atoms with Crippen LogP contribution in [0.3, 0.4) is 0 Å². The fourth-order valence-electron chi connectivity index (χ4n) is 0.903. The Labute approximate surface area is 82.5 Å². The molecule has 2 N–H and O–H groups in total. The minimum absolute atomic E-state index is 0.238. The Balaban J connectivity index is 2.53. The van der Waals surface area contributed by atoms with Gasteiger partial charge in [-0.15, -0.1) is 0 Å². The van der Waals surface area contributed by atoms with Crippen LogP contribution >= 0.6 is 0 Å². The molecule has 0 bridgehead atoms. The summed E-state index contributed by atoms with van der Waals surface area (Å²) in [5.74, 6) is -1.10. The van der Waals surface area contributed by atoms with E-state index in [9.17, 15) is 18.0 Å². The zero-order valence-electron chi connectivity index (χ0n) is 7.45. The number of aromatic nitrogens is 2. The van der Waals surface area contributed by atoms with Crippen molar-refractivity contribution in [3.05, 3.63) is 12.4 Å². The van der Waals surface area contributed by atoms with E-state index in [0.717, 1.165) is 12.4 Å². The summed E-state index contributed by atoms with van der Waals surface area (Å²) in [4.78, 5) is 10.1. The van der Waals surface area contributed by atoms with Crippen LogP contribution in [0.2, 0.25) is 0 Å². The minimum atomic E-state index is -4.34. The first-order valence-electron chi connectivity index (χ1n) is 3.92. The maximum Gasteiger partial charge on any atom is 0.408 e. The SMILES string of the molecule is O=C(O)CNc1cnn(CC(F)(F)F)c1. The van der Waals surface area contributed by atoms with Crippen molar-refractivity contribution < 1.29 is 23.1 Å². The lowest BCUT2D eigenvalue weighted by atomic mass is 10.5. The number of carbonyl (C=O) groups is 1. The van der Waals surface area contributed by atoms with Gasteiger partial charge in [0.2, 0.25) is 0 Å². The number of anilines is 1. The van der Waals surface area contributed by atoms with Crippen LogP contribution in [0.4, 0.5) is 18.9 Å². The zero-order valence-corrected chi connectivity index (χ0v) is 7.45. The van der Waals surface area contributed by atoms with E-state index in [2.05, 4.69) is 10.4 Å². The molecule has 84 valence electrons. The Kier molecular flexibility index (Phi) is 3.17. The number of hydrogen-bond donors (Lipinski definition) is 2. The van der Waals surface area contributed by atoms with Gasteiger partial charge in [0.05, 0.1) is 11.9 Å². The van der Waals surface area contributed by atoms with Crippen molar-refractivity contribution in [1.82, 2.24) is 9.78 Å². The first-order chi connectivity index (χ1) is 6.87. The second-order valence-corrected chi connectivity index (χ2v) is 2.79. The molecule has 1 heterocycles. The number of rotatable bonds is 4. The van der Waals surface area contributed by atoms with Crippen LogP contribution in [0, 0.1) is 0 Å². The molecule has 0 fully saturated rings. The highest BCUT2D eigenvalue weighted by Gasteiger charge is 2.28. The molecule has 0 aliphatic carbocycles. The first kappa shape index (κ1) is 11.3. The number of carboxylic acids is 1. The number of nitrogens with zero attached hydrogens (tertiary/aromatic N) is 2. The molecule has 0 spiro atoms. The van der Waals surface area contributed by atoms with Crippen LogP contribution in [0.15, 0.2) is 12.4 Å². The molecule has 1 aromatic rings. The Morgan fingerprint density at radius 2 is 2.27 bits per heavy atom. The van der Waals surface area contributed by atoms with Gasteiger partial charge in [0.25, 0.3) is 0 Å². The highest BCUT2D eigenvalue weighted by molar-refractivity contribution is 5.72. The van der Waals surface area contributed by atoms with Crippen LogP contribution in [0.5, 0.6) is 0 Å². The van der Waals surface area contributed by atoms with Crippen molar-refractivity contribution in [2.75, 3.05) is 11.9 Å². The van der Waals surface area contributed by atoms with Crippen molar-refractivity contribution in [2.45, 2.75) is 12.7 Å². The molecule has 0 amide bonds. The third-order valence-corrected chi connectivity index (χ3v) is 1.42. The Hall–Kier alpha value is -1.73. The fraction of sp³-hybridized carbons (Fsp3) is 0.429. The molecule has 0 aliphatic heterocycles. The molecule has 15 heavy (non-hydrogen) atoms. The second kappa shape index (κ2) is 4.20. The van der Waals surface area contributed by atoms with E-state index in [-0.39, 0.29) is 12.2 Å². The number of carboxylic acid groups (broad SMARTS) is 1. The monoisotopic (exact) mass is 223 g/mol. The summed E-state index contributed by atoms with van der Waals surface area (Å²) in [6.45, 7) is -1.56. The Bertz CT molecular complexity index is 347. The standard InChI is InChI=1S/C7H8F3N3O2/c8-7(9,10)4-13-3-5(1-12-13)11-2-6(14)15/h1,3,11H,2,4H2,(H,14,15). The van der Waals surface area contributed by atoms with E-state index in [1.54, 1.807) is 0 Å². The van der Waals surface area contributed by atoms with Crippen LogP contribution < -0.4 is 5.32 Å². The molecular formula is C7H8F3N3O2. The predicted octanol–water partition coefficient (Wildman–Crippen LogP) is 0.942. The van der Waals surface area contributed by atoms with Gasteiger partial charge in [0, 0.05) is 6.20 Å². The van der Waals surface area contributed by atoms with E-state index in [0.29, 0.717) is 4.68 Å². The van der Waals surface area contributed by atoms with Crippen LogP contribution in [0.1, 0.15) is 0 Å². The topological polar surface area (TPSA) is 67.2 Å². The number of nitrogens with one attached hydrogen (secondary N) is 1. The maximum atomic E-state index is 11.9. The number of alkyl halides is 3. The van der Waals surface area contributed by atoms with Gasteiger partial charge in [0.15, 0.2) is 0 Å².